The van der Waals surface area contributed by atoms with Gasteiger partial charge >= 0.3 is 0 Å². The third-order valence-electron chi connectivity index (χ3n) is 4.59. The van der Waals surface area contributed by atoms with Crippen LogP contribution in [0.4, 0.5) is 11.5 Å². The Balaban J connectivity index is 1.69. The number of amides is 1. The van der Waals surface area contributed by atoms with Crippen molar-refractivity contribution in [3.05, 3.63) is 53.7 Å². The van der Waals surface area contributed by atoms with Crippen molar-refractivity contribution in [2.75, 3.05) is 16.8 Å². The zero-order chi connectivity index (χ0) is 19.7. The van der Waals surface area contributed by atoms with Gasteiger partial charge in [-0.1, -0.05) is 39.0 Å². The van der Waals surface area contributed by atoms with E-state index in [-0.39, 0.29) is 28.9 Å². The van der Waals surface area contributed by atoms with E-state index in [0.29, 0.717) is 17.8 Å². The number of hydrogen-bond donors (Lipinski definition) is 2. The number of carbonyl (C=O) groups excluding carboxylic acids is 1. The molecule has 1 aliphatic heterocycles. The van der Waals surface area contributed by atoms with Gasteiger partial charge in [-0.3, -0.25) is 4.79 Å². The number of benzene rings is 1. The molecule has 2 aromatic rings. The number of para-hydroxylation sites is 1. The molecule has 144 valence electrons. The second-order valence-electron chi connectivity index (χ2n) is 7.93. The van der Waals surface area contributed by atoms with Crippen LogP contribution in [0.3, 0.4) is 0 Å². The number of hydrogen-bond acceptors (Lipinski definition) is 5. The molecule has 27 heavy (non-hydrogen) atoms. The number of aromatic nitrogens is 1. The Morgan fingerprint density at radius 1 is 1.15 bits per heavy atom. The lowest BCUT2D eigenvalue weighted by Crippen LogP contribution is -2.35. The SMILES string of the molecule is CC(C)(C)c1ccccc1Nc1ccc(C(=O)NC2CCS(=O)(=O)C2)cn1. The lowest BCUT2D eigenvalue weighted by atomic mass is 9.86. The Morgan fingerprint density at radius 2 is 1.89 bits per heavy atom. The van der Waals surface area contributed by atoms with Crippen molar-refractivity contribution < 1.29 is 13.2 Å². The summed E-state index contributed by atoms with van der Waals surface area (Å²) in [7, 11) is -3.02. The maximum Gasteiger partial charge on any atom is 0.253 e. The van der Waals surface area contributed by atoms with E-state index < -0.39 is 9.84 Å². The summed E-state index contributed by atoms with van der Waals surface area (Å²) in [6.45, 7) is 6.45. The maximum atomic E-state index is 12.3. The molecule has 1 unspecified atom stereocenters. The molecule has 1 fully saturated rings. The van der Waals surface area contributed by atoms with Gasteiger partial charge in [0, 0.05) is 17.9 Å². The molecular weight excluding hydrogens is 362 g/mol. The van der Waals surface area contributed by atoms with E-state index >= 15 is 0 Å². The zero-order valence-corrected chi connectivity index (χ0v) is 16.6. The highest BCUT2D eigenvalue weighted by Gasteiger charge is 2.29. The number of nitrogens with one attached hydrogen (secondary N) is 2. The summed E-state index contributed by atoms with van der Waals surface area (Å²) in [6, 6.07) is 11.2. The Kier molecular flexibility index (Phi) is 5.24. The first-order valence-electron chi connectivity index (χ1n) is 8.98. The molecule has 0 spiro atoms. The van der Waals surface area contributed by atoms with E-state index in [1.54, 1.807) is 12.1 Å². The Bertz CT molecular complexity index is 932. The highest BCUT2D eigenvalue weighted by atomic mass is 32.2. The first-order valence-corrected chi connectivity index (χ1v) is 10.8. The first-order chi connectivity index (χ1) is 12.6. The molecule has 1 atom stereocenters. The van der Waals surface area contributed by atoms with E-state index in [9.17, 15) is 13.2 Å². The fraction of sp³-hybridized carbons (Fsp3) is 0.400. The van der Waals surface area contributed by atoms with Gasteiger partial charge in [-0.2, -0.15) is 0 Å². The Labute approximate surface area is 160 Å². The minimum atomic E-state index is -3.02. The number of carbonyl (C=O) groups is 1. The van der Waals surface area contributed by atoms with Gasteiger partial charge in [-0.05, 0) is 35.6 Å². The van der Waals surface area contributed by atoms with Crippen LogP contribution < -0.4 is 10.6 Å². The van der Waals surface area contributed by atoms with Crippen LogP contribution in [0.15, 0.2) is 42.6 Å². The third-order valence-corrected chi connectivity index (χ3v) is 6.36. The molecule has 1 saturated heterocycles. The van der Waals surface area contributed by atoms with Gasteiger partial charge in [0.15, 0.2) is 9.84 Å². The summed E-state index contributed by atoms with van der Waals surface area (Å²) in [5.74, 6) is 0.486. The smallest absolute Gasteiger partial charge is 0.253 e. The quantitative estimate of drug-likeness (QED) is 0.842. The lowest BCUT2D eigenvalue weighted by molar-refractivity contribution is 0.0941. The minimum Gasteiger partial charge on any atom is -0.348 e. The van der Waals surface area contributed by atoms with Gasteiger partial charge < -0.3 is 10.6 Å². The molecule has 0 aliphatic carbocycles. The van der Waals surface area contributed by atoms with Gasteiger partial charge in [-0.25, -0.2) is 13.4 Å². The van der Waals surface area contributed by atoms with Crippen LogP contribution in [0, 0.1) is 0 Å². The normalized spacial score (nSPS) is 18.9. The number of sulfone groups is 1. The van der Waals surface area contributed by atoms with Crippen molar-refractivity contribution in [1.82, 2.24) is 10.3 Å². The average molecular weight is 388 g/mol. The molecule has 2 heterocycles. The highest BCUT2D eigenvalue weighted by Crippen LogP contribution is 2.30. The van der Waals surface area contributed by atoms with E-state index in [1.165, 1.54) is 11.8 Å². The standard InChI is InChI=1S/C20H25N3O3S/c1-20(2,3)16-6-4-5-7-17(16)23-18-9-8-14(12-21-18)19(24)22-15-10-11-27(25,26)13-15/h4-9,12,15H,10-11,13H2,1-3H3,(H,21,23)(H,22,24). The van der Waals surface area contributed by atoms with Crippen LogP contribution in [0.5, 0.6) is 0 Å². The summed E-state index contributed by atoms with van der Waals surface area (Å²) in [4.78, 5) is 16.6. The average Bonchev–Trinajstić information content (AvgIpc) is 2.93. The molecular formula is C20H25N3O3S. The first kappa shape index (κ1) is 19.4. The number of pyridine rings is 1. The van der Waals surface area contributed by atoms with Gasteiger partial charge in [0.2, 0.25) is 0 Å². The monoisotopic (exact) mass is 387 g/mol. The van der Waals surface area contributed by atoms with Gasteiger partial charge in [0.05, 0.1) is 17.1 Å². The zero-order valence-electron chi connectivity index (χ0n) is 15.8. The van der Waals surface area contributed by atoms with Crippen molar-refractivity contribution in [1.29, 1.82) is 0 Å². The number of rotatable bonds is 4. The van der Waals surface area contributed by atoms with Crippen molar-refractivity contribution in [3.63, 3.8) is 0 Å². The van der Waals surface area contributed by atoms with Crippen LogP contribution in [-0.4, -0.2) is 36.9 Å². The van der Waals surface area contributed by atoms with E-state index in [0.717, 1.165) is 5.69 Å². The van der Waals surface area contributed by atoms with Crippen molar-refractivity contribution in [3.8, 4) is 0 Å². The Hall–Kier alpha value is -2.41. The van der Waals surface area contributed by atoms with Gasteiger partial charge in [0.25, 0.3) is 5.91 Å². The molecule has 0 bridgehead atoms. The minimum absolute atomic E-state index is 0.00889. The molecule has 0 radical (unpaired) electrons. The van der Waals surface area contributed by atoms with Gasteiger partial charge in [0.1, 0.15) is 5.82 Å². The topological polar surface area (TPSA) is 88.2 Å². The fourth-order valence-corrected chi connectivity index (χ4v) is 4.84. The molecule has 3 rings (SSSR count). The van der Waals surface area contributed by atoms with Crippen molar-refractivity contribution in [2.45, 2.75) is 38.6 Å². The van der Waals surface area contributed by atoms with Crippen molar-refractivity contribution in [2.24, 2.45) is 0 Å². The lowest BCUT2D eigenvalue weighted by Gasteiger charge is -2.23. The maximum absolute atomic E-state index is 12.3. The second kappa shape index (κ2) is 7.31. The van der Waals surface area contributed by atoms with Crippen LogP contribution in [-0.2, 0) is 15.3 Å². The predicted octanol–water partition coefficient (Wildman–Crippen LogP) is 3.04. The number of anilines is 2. The molecule has 6 nitrogen and oxygen atoms in total. The van der Waals surface area contributed by atoms with Crippen LogP contribution in [0.1, 0.15) is 43.1 Å². The third kappa shape index (κ3) is 4.86. The van der Waals surface area contributed by atoms with E-state index in [1.807, 2.05) is 18.2 Å². The highest BCUT2D eigenvalue weighted by molar-refractivity contribution is 7.91. The number of nitrogens with zero attached hydrogens (tertiary/aromatic N) is 1. The molecule has 2 N–H and O–H groups in total. The molecule has 1 aliphatic rings. The molecule has 1 amide bonds. The molecule has 1 aromatic heterocycles. The summed E-state index contributed by atoms with van der Waals surface area (Å²) in [5, 5.41) is 6.08. The van der Waals surface area contributed by atoms with Gasteiger partial charge in [-0.15, -0.1) is 0 Å². The fourth-order valence-electron chi connectivity index (χ4n) is 3.16. The largest absolute Gasteiger partial charge is 0.348 e. The van der Waals surface area contributed by atoms with Crippen LogP contribution in [0.25, 0.3) is 0 Å². The van der Waals surface area contributed by atoms with Crippen LogP contribution >= 0.6 is 0 Å². The summed E-state index contributed by atoms with van der Waals surface area (Å²) < 4.78 is 23.0. The van der Waals surface area contributed by atoms with E-state index in [2.05, 4.69) is 42.5 Å². The molecule has 7 heteroatoms. The molecule has 0 saturated carbocycles. The second-order valence-corrected chi connectivity index (χ2v) is 10.2. The summed E-state index contributed by atoms with van der Waals surface area (Å²) in [6.07, 6.45) is 1.96. The Morgan fingerprint density at radius 3 is 2.48 bits per heavy atom. The summed E-state index contributed by atoms with van der Waals surface area (Å²) in [5.41, 5.74) is 2.56. The van der Waals surface area contributed by atoms with Crippen molar-refractivity contribution >= 4 is 27.2 Å². The van der Waals surface area contributed by atoms with Crippen LogP contribution in [0.2, 0.25) is 0 Å². The van der Waals surface area contributed by atoms with E-state index in [4.69, 9.17) is 0 Å². The molecule has 1 aromatic carbocycles. The summed E-state index contributed by atoms with van der Waals surface area (Å²) >= 11 is 0. The predicted molar refractivity (Wildman–Crippen MR) is 107 cm³/mol.